The monoisotopic (exact) mass is 1360 g/mol. The molecule has 95 heavy (non-hydrogen) atoms. The molecule has 0 aliphatic carbocycles. The lowest BCUT2D eigenvalue weighted by Crippen LogP contribution is -2.66. The zero-order valence-electron chi connectivity index (χ0n) is 59.7. The summed E-state index contributed by atoms with van der Waals surface area (Å²) in [6.45, 7) is 1.74. The van der Waals surface area contributed by atoms with Gasteiger partial charge in [0.05, 0.1) is 38.6 Å². The maximum atomic E-state index is 13.4. The van der Waals surface area contributed by atoms with Gasteiger partial charge in [-0.25, -0.2) is 0 Å². The van der Waals surface area contributed by atoms with E-state index in [1.54, 1.807) is 6.08 Å². The van der Waals surface area contributed by atoms with Crippen molar-refractivity contribution in [3.8, 4) is 0 Å². The number of amides is 1. The number of carbonyl (C=O) groups is 1. The highest BCUT2D eigenvalue weighted by Crippen LogP contribution is 2.33. The fourth-order valence-electron chi connectivity index (χ4n) is 13.4. The van der Waals surface area contributed by atoms with Crippen molar-refractivity contribution in [2.75, 3.05) is 26.4 Å². The SMILES string of the molecule is CCCCCCCCCC/C=C/CC/C=C/C(O)C(COC1OC(CO)C(OC2OC(CO)C(OC3OC(CO)C(O)C(O)C3O)C(O)C2O)C(O)C1O)NC(=O)CCCCCCCCCCCCCCCCCCCCCCCCCCCCCCCCCCCCCC. The van der Waals surface area contributed by atoms with Crippen LogP contribution in [0.15, 0.2) is 24.3 Å². The van der Waals surface area contributed by atoms with Crippen molar-refractivity contribution >= 4 is 5.91 Å². The molecule has 3 aliphatic rings. The third-order valence-corrected chi connectivity index (χ3v) is 19.8. The number of ether oxygens (including phenoxy) is 6. The molecule has 0 aromatic heterocycles. The van der Waals surface area contributed by atoms with Gasteiger partial charge in [0.15, 0.2) is 18.9 Å². The van der Waals surface area contributed by atoms with E-state index in [1.807, 2.05) is 6.08 Å². The number of hydrogen-bond donors (Lipinski definition) is 12. The highest BCUT2D eigenvalue weighted by atomic mass is 16.8. The molecule has 17 unspecified atom stereocenters. The third-order valence-electron chi connectivity index (χ3n) is 19.8. The van der Waals surface area contributed by atoms with Crippen molar-refractivity contribution in [2.45, 2.75) is 426 Å². The number of carbonyl (C=O) groups excluding carboxylic acids is 1. The molecule has 3 fully saturated rings. The minimum atomic E-state index is -1.98. The molecule has 0 aromatic rings. The van der Waals surface area contributed by atoms with Crippen LogP contribution < -0.4 is 5.32 Å². The summed E-state index contributed by atoms with van der Waals surface area (Å²) in [7, 11) is 0. The quantitative estimate of drug-likeness (QED) is 0.0199. The number of unbranched alkanes of at least 4 members (excludes halogenated alkanes) is 44. The minimum absolute atomic E-state index is 0.241. The Labute approximate surface area is 575 Å². The van der Waals surface area contributed by atoms with Crippen LogP contribution in [0, 0.1) is 0 Å². The van der Waals surface area contributed by atoms with Crippen molar-refractivity contribution in [1.82, 2.24) is 5.32 Å². The molecule has 3 aliphatic heterocycles. The van der Waals surface area contributed by atoms with E-state index in [4.69, 9.17) is 28.4 Å². The third kappa shape index (κ3) is 38.8. The molecule has 12 N–H and O–H groups in total. The van der Waals surface area contributed by atoms with Gasteiger partial charge in [-0.15, -0.1) is 0 Å². The Morgan fingerprint density at radius 2 is 0.674 bits per heavy atom. The van der Waals surface area contributed by atoms with E-state index in [2.05, 4.69) is 31.3 Å². The summed E-state index contributed by atoms with van der Waals surface area (Å²) in [6.07, 6.45) is 42.1. The van der Waals surface area contributed by atoms with Gasteiger partial charge in [-0.3, -0.25) is 4.79 Å². The molecule has 17 atom stereocenters. The molecule has 560 valence electrons. The van der Waals surface area contributed by atoms with Crippen molar-refractivity contribution in [3.05, 3.63) is 24.3 Å². The highest BCUT2D eigenvalue weighted by Gasteiger charge is 2.53. The predicted octanol–water partition coefficient (Wildman–Crippen LogP) is 12.2. The van der Waals surface area contributed by atoms with Crippen LogP contribution in [0.1, 0.15) is 322 Å². The Kier molecular flexibility index (Phi) is 53.3. The second-order valence-electron chi connectivity index (χ2n) is 28.2. The van der Waals surface area contributed by atoms with Gasteiger partial charge in [0.25, 0.3) is 0 Å². The molecule has 0 aromatic carbocycles. The van der Waals surface area contributed by atoms with Gasteiger partial charge < -0.3 is 89.9 Å². The number of hydrogen-bond acceptors (Lipinski definition) is 18. The Balaban J connectivity index is 1.31. The van der Waals surface area contributed by atoms with Crippen molar-refractivity contribution in [2.24, 2.45) is 0 Å². The Bertz CT molecular complexity index is 1810. The average Bonchev–Trinajstić information content (AvgIpc) is 0.787. The van der Waals surface area contributed by atoms with E-state index < -0.39 is 124 Å². The molecule has 3 rings (SSSR count). The Hall–Kier alpha value is -1.73. The van der Waals surface area contributed by atoms with E-state index in [-0.39, 0.29) is 18.9 Å². The number of aliphatic hydroxyl groups excluding tert-OH is 11. The maximum absolute atomic E-state index is 13.4. The second-order valence-corrected chi connectivity index (χ2v) is 28.2. The van der Waals surface area contributed by atoms with E-state index in [9.17, 15) is 61.0 Å². The standard InChI is InChI=1S/C76H143NO18/c1-3-5-7-9-11-13-15-17-19-20-21-22-23-24-25-26-27-28-29-30-31-32-33-34-35-36-37-38-39-40-42-44-46-48-50-52-54-64(82)77-59(60(81)53-51-49-47-45-43-41-18-16-14-12-10-8-6-4-2)58-90-74-70(88)67(85)72(62(56-79)92-74)95-76-71(89)68(86)73(63(57-80)93-76)94-75-69(87)66(84)65(83)61(55-78)91-75/h43,45,51,53,59-63,65-76,78-81,83-89H,3-42,44,46-50,52,54-58H2,1-2H3,(H,77,82)/b45-43+,53-51+. The van der Waals surface area contributed by atoms with Crippen LogP contribution in [0.3, 0.4) is 0 Å². The van der Waals surface area contributed by atoms with Crippen LogP contribution in [0.25, 0.3) is 0 Å². The summed E-state index contributed by atoms with van der Waals surface area (Å²) >= 11 is 0. The lowest BCUT2D eigenvalue weighted by atomic mass is 9.96. The van der Waals surface area contributed by atoms with Gasteiger partial charge in [-0.2, -0.15) is 0 Å². The van der Waals surface area contributed by atoms with Crippen LogP contribution in [-0.2, 0) is 33.2 Å². The molecule has 0 bridgehead atoms. The molecule has 0 radical (unpaired) electrons. The van der Waals surface area contributed by atoms with E-state index in [0.717, 1.165) is 38.5 Å². The van der Waals surface area contributed by atoms with Crippen LogP contribution in [0.2, 0.25) is 0 Å². The molecular formula is C76H143NO18. The van der Waals surface area contributed by atoms with Crippen LogP contribution in [0.5, 0.6) is 0 Å². The summed E-state index contributed by atoms with van der Waals surface area (Å²) in [5.74, 6) is -0.279. The smallest absolute Gasteiger partial charge is 0.220 e. The largest absolute Gasteiger partial charge is 0.394 e. The lowest BCUT2D eigenvalue weighted by Gasteiger charge is -2.48. The van der Waals surface area contributed by atoms with Crippen molar-refractivity contribution in [3.63, 3.8) is 0 Å². The number of rotatable bonds is 62. The Morgan fingerprint density at radius 1 is 0.368 bits per heavy atom. The van der Waals surface area contributed by atoms with Gasteiger partial charge in [-0.05, 0) is 32.1 Å². The molecule has 3 saturated heterocycles. The number of nitrogens with one attached hydrogen (secondary N) is 1. The first kappa shape index (κ1) is 87.5. The molecule has 3 heterocycles. The summed E-state index contributed by atoms with van der Waals surface area (Å²) < 4.78 is 34.4. The van der Waals surface area contributed by atoms with Gasteiger partial charge in [0.2, 0.25) is 5.91 Å². The predicted molar refractivity (Wildman–Crippen MR) is 374 cm³/mol. The summed E-state index contributed by atoms with van der Waals surface area (Å²) in [5, 5.41) is 121. The maximum Gasteiger partial charge on any atom is 0.220 e. The fraction of sp³-hybridized carbons (Fsp3) is 0.934. The van der Waals surface area contributed by atoms with Crippen molar-refractivity contribution < 1.29 is 89.4 Å². The lowest BCUT2D eigenvalue weighted by molar-refractivity contribution is -0.379. The molecule has 19 nitrogen and oxygen atoms in total. The zero-order valence-corrected chi connectivity index (χ0v) is 59.7. The zero-order chi connectivity index (χ0) is 68.9. The number of allylic oxidation sites excluding steroid dienone is 3. The average molecular weight is 1360 g/mol. The highest BCUT2D eigenvalue weighted by molar-refractivity contribution is 5.76. The molecule has 0 spiro atoms. The molecule has 0 saturated carbocycles. The van der Waals surface area contributed by atoms with Gasteiger partial charge in [0, 0.05) is 6.42 Å². The molecular weight excluding hydrogens is 1210 g/mol. The normalized spacial score (nSPS) is 27.3. The van der Waals surface area contributed by atoms with Crippen molar-refractivity contribution in [1.29, 1.82) is 0 Å². The van der Waals surface area contributed by atoms with E-state index in [1.165, 1.54) is 250 Å². The summed E-state index contributed by atoms with van der Waals surface area (Å²) in [5.41, 5.74) is 0. The number of aliphatic hydroxyl groups is 11. The first-order valence-corrected chi connectivity index (χ1v) is 39.1. The first-order chi connectivity index (χ1) is 46.3. The van der Waals surface area contributed by atoms with Gasteiger partial charge >= 0.3 is 0 Å². The molecule has 19 heteroatoms. The molecule has 1 amide bonds. The first-order valence-electron chi connectivity index (χ1n) is 39.1. The Morgan fingerprint density at radius 3 is 1.05 bits per heavy atom. The van der Waals surface area contributed by atoms with Gasteiger partial charge in [0.1, 0.15) is 73.2 Å². The topological polar surface area (TPSA) is 307 Å². The van der Waals surface area contributed by atoms with Crippen LogP contribution >= 0.6 is 0 Å². The summed E-state index contributed by atoms with van der Waals surface area (Å²) in [4.78, 5) is 13.4. The summed E-state index contributed by atoms with van der Waals surface area (Å²) in [6, 6.07) is -0.987. The van der Waals surface area contributed by atoms with E-state index >= 15 is 0 Å². The minimum Gasteiger partial charge on any atom is -0.394 e. The fourth-order valence-corrected chi connectivity index (χ4v) is 13.4. The second kappa shape index (κ2) is 57.8. The van der Waals surface area contributed by atoms with Crippen LogP contribution in [0.4, 0.5) is 0 Å². The van der Waals surface area contributed by atoms with E-state index in [0.29, 0.717) is 12.8 Å². The van der Waals surface area contributed by atoms with Gasteiger partial charge in [-0.1, -0.05) is 308 Å². The van der Waals surface area contributed by atoms with Crippen LogP contribution in [-0.4, -0.2) is 193 Å².